The van der Waals surface area contributed by atoms with E-state index in [0.717, 1.165) is 41.5 Å². The Morgan fingerprint density at radius 1 is 1.09 bits per heavy atom. The first-order valence-corrected chi connectivity index (χ1v) is 8.31. The highest BCUT2D eigenvalue weighted by atomic mass is 35.5. The molecule has 0 bridgehead atoms. The molecule has 2 aromatic carbocycles. The molecule has 0 saturated heterocycles. The average Bonchev–Trinajstić information content (AvgIpc) is 3.16. The average molecular weight is 324 g/mol. The number of rotatable bonds is 3. The summed E-state index contributed by atoms with van der Waals surface area (Å²) in [4.78, 5) is 0. The molecular formula is C19H18ClN3. The third-order valence-corrected chi connectivity index (χ3v) is 4.63. The highest BCUT2D eigenvalue weighted by Gasteiger charge is 2.24. The molecule has 3 nitrogen and oxygen atoms in total. The molecule has 0 fully saturated rings. The van der Waals surface area contributed by atoms with Gasteiger partial charge in [0.2, 0.25) is 0 Å². The second-order valence-corrected chi connectivity index (χ2v) is 6.21. The standard InChI is InChI=1S/C19H18ClN3/c1-2-13-5-3-4-6-18(13)23-19(14-7-9-15(20)10-8-14)16-11-21-12-17(16)22-23/h3-10,21H,2,11-12H2,1H3. The van der Waals surface area contributed by atoms with Gasteiger partial charge >= 0.3 is 0 Å². The van der Waals surface area contributed by atoms with Gasteiger partial charge in [0, 0.05) is 29.2 Å². The second-order valence-electron chi connectivity index (χ2n) is 5.78. The normalized spacial score (nSPS) is 13.3. The summed E-state index contributed by atoms with van der Waals surface area (Å²) in [6, 6.07) is 16.5. The van der Waals surface area contributed by atoms with E-state index in [1.165, 1.54) is 16.8 Å². The highest BCUT2D eigenvalue weighted by Crippen LogP contribution is 2.33. The number of aromatic nitrogens is 2. The molecule has 1 aliphatic heterocycles. The molecule has 23 heavy (non-hydrogen) atoms. The third kappa shape index (κ3) is 2.46. The number of para-hydroxylation sites is 1. The van der Waals surface area contributed by atoms with Gasteiger partial charge in [0.15, 0.2) is 0 Å². The van der Waals surface area contributed by atoms with Crippen molar-refractivity contribution >= 4 is 11.6 Å². The molecule has 4 heteroatoms. The lowest BCUT2D eigenvalue weighted by atomic mass is 10.1. The largest absolute Gasteiger partial charge is 0.307 e. The number of hydrogen-bond acceptors (Lipinski definition) is 2. The summed E-state index contributed by atoms with van der Waals surface area (Å²) in [5.41, 5.74) is 7.21. The Hall–Kier alpha value is -2.10. The van der Waals surface area contributed by atoms with Crippen LogP contribution in [0.15, 0.2) is 48.5 Å². The maximum Gasteiger partial charge on any atom is 0.0818 e. The Balaban J connectivity index is 1.96. The summed E-state index contributed by atoms with van der Waals surface area (Å²) in [7, 11) is 0. The van der Waals surface area contributed by atoms with Gasteiger partial charge in [0.05, 0.1) is 17.1 Å². The zero-order chi connectivity index (χ0) is 15.8. The van der Waals surface area contributed by atoms with Gasteiger partial charge in [-0.25, -0.2) is 4.68 Å². The van der Waals surface area contributed by atoms with E-state index in [4.69, 9.17) is 16.7 Å². The van der Waals surface area contributed by atoms with Crippen molar-refractivity contribution in [3.05, 3.63) is 70.4 Å². The maximum absolute atomic E-state index is 6.06. The molecule has 0 aliphatic carbocycles. The van der Waals surface area contributed by atoms with Gasteiger partial charge in [-0.05, 0) is 30.2 Å². The number of aryl methyl sites for hydroxylation is 1. The summed E-state index contributed by atoms with van der Waals surface area (Å²) in [5.74, 6) is 0. The fourth-order valence-corrected chi connectivity index (χ4v) is 3.35. The van der Waals surface area contributed by atoms with Crippen molar-refractivity contribution in [2.75, 3.05) is 0 Å². The molecular weight excluding hydrogens is 306 g/mol. The van der Waals surface area contributed by atoms with E-state index in [-0.39, 0.29) is 0 Å². The highest BCUT2D eigenvalue weighted by molar-refractivity contribution is 6.30. The number of nitrogens with zero attached hydrogens (tertiary/aromatic N) is 2. The van der Waals surface area contributed by atoms with Crippen molar-refractivity contribution in [3.63, 3.8) is 0 Å². The van der Waals surface area contributed by atoms with Crippen LogP contribution in [-0.2, 0) is 19.5 Å². The van der Waals surface area contributed by atoms with Crippen molar-refractivity contribution in [2.45, 2.75) is 26.4 Å². The van der Waals surface area contributed by atoms with Crippen molar-refractivity contribution in [3.8, 4) is 16.9 Å². The van der Waals surface area contributed by atoms with E-state index >= 15 is 0 Å². The van der Waals surface area contributed by atoms with Crippen LogP contribution in [0.1, 0.15) is 23.7 Å². The summed E-state index contributed by atoms with van der Waals surface area (Å²) < 4.78 is 2.10. The monoisotopic (exact) mass is 323 g/mol. The minimum atomic E-state index is 0.753. The van der Waals surface area contributed by atoms with Crippen molar-refractivity contribution < 1.29 is 0 Å². The van der Waals surface area contributed by atoms with E-state index in [0.29, 0.717) is 0 Å². The Morgan fingerprint density at radius 2 is 1.87 bits per heavy atom. The van der Waals surface area contributed by atoms with Crippen LogP contribution in [0.2, 0.25) is 5.02 Å². The number of nitrogens with one attached hydrogen (secondary N) is 1. The van der Waals surface area contributed by atoms with Gasteiger partial charge < -0.3 is 5.32 Å². The Morgan fingerprint density at radius 3 is 2.65 bits per heavy atom. The van der Waals surface area contributed by atoms with Crippen LogP contribution < -0.4 is 5.32 Å². The molecule has 0 spiro atoms. The second kappa shape index (κ2) is 5.84. The van der Waals surface area contributed by atoms with Gasteiger partial charge in [-0.3, -0.25) is 0 Å². The molecule has 0 saturated carbocycles. The van der Waals surface area contributed by atoms with Crippen LogP contribution in [0.3, 0.4) is 0 Å². The molecule has 116 valence electrons. The third-order valence-electron chi connectivity index (χ3n) is 4.38. The van der Waals surface area contributed by atoms with E-state index < -0.39 is 0 Å². The molecule has 2 heterocycles. The van der Waals surface area contributed by atoms with E-state index in [9.17, 15) is 0 Å². The van der Waals surface area contributed by atoms with Crippen molar-refractivity contribution in [1.82, 2.24) is 15.1 Å². The molecule has 0 atom stereocenters. The first-order chi connectivity index (χ1) is 11.3. The summed E-state index contributed by atoms with van der Waals surface area (Å²) in [6.45, 7) is 3.87. The summed E-state index contributed by atoms with van der Waals surface area (Å²) >= 11 is 6.06. The van der Waals surface area contributed by atoms with Crippen LogP contribution in [0.4, 0.5) is 0 Å². The lowest BCUT2D eigenvalue weighted by Crippen LogP contribution is -2.09. The number of hydrogen-bond donors (Lipinski definition) is 1. The fraction of sp³-hybridized carbons (Fsp3) is 0.211. The van der Waals surface area contributed by atoms with Gasteiger partial charge in [-0.15, -0.1) is 0 Å². The van der Waals surface area contributed by atoms with Gasteiger partial charge in [-0.1, -0.05) is 48.9 Å². The lowest BCUT2D eigenvalue weighted by Gasteiger charge is -2.13. The molecule has 4 rings (SSSR count). The molecule has 1 aliphatic rings. The van der Waals surface area contributed by atoms with Crippen LogP contribution in [-0.4, -0.2) is 9.78 Å². The van der Waals surface area contributed by atoms with Gasteiger partial charge in [-0.2, -0.15) is 5.10 Å². The molecule has 1 N–H and O–H groups in total. The number of halogens is 1. The van der Waals surface area contributed by atoms with Crippen LogP contribution >= 0.6 is 11.6 Å². The minimum Gasteiger partial charge on any atom is -0.307 e. The number of fused-ring (bicyclic) bond motifs is 1. The molecule has 1 aromatic heterocycles. The first-order valence-electron chi connectivity index (χ1n) is 7.93. The van der Waals surface area contributed by atoms with Crippen molar-refractivity contribution in [2.24, 2.45) is 0 Å². The smallest absolute Gasteiger partial charge is 0.0818 e. The van der Waals surface area contributed by atoms with Gasteiger partial charge in [0.25, 0.3) is 0 Å². The Kier molecular flexibility index (Phi) is 3.68. The maximum atomic E-state index is 6.06. The van der Waals surface area contributed by atoms with Gasteiger partial charge in [0.1, 0.15) is 0 Å². The first kappa shape index (κ1) is 14.5. The predicted molar refractivity (Wildman–Crippen MR) is 93.9 cm³/mol. The Labute approximate surface area is 140 Å². The summed E-state index contributed by atoms with van der Waals surface area (Å²) in [5, 5.41) is 9.04. The minimum absolute atomic E-state index is 0.753. The lowest BCUT2D eigenvalue weighted by molar-refractivity contribution is 0.722. The van der Waals surface area contributed by atoms with Crippen LogP contribution in [0, 0.1) is 0 Å². The quantitative estimate of drug-likeness (QED) is 0.776. The fourth-order valence-electron chi connectivity index (χ4n) is 3.22. The molecule has 0 unspecified atom stereocenters. The van der Waals surface area contributed by atoms with E-state index in [1.807, 2.05) is 12.1 Å². The van der Waals surface area contributed by atoms with E-state index in [2.05, 4.69) is 53.3 Å². The van der Waals surface area contributed by atoms with Crippen LogP contribution in [0.25, 0.3) is 16.9 Å². The molecule has 0 radical (unpaired) electrons. The van der Waals surface area contributed by atoms with Crippen LogP contribution in [0.5, 0.6) is 0 Å². The zero-order valence-corrected chi connectivity index (χ0v) is 13.8. The number of benzene rings is 2. The summed E-state index contributed by atoms with van der Waals surface area (Å²) in [6.07, 6.45) is 0.985. The topological polar surface area (TPSA) is 29.9 Å². The SMILES string of the molecule is CCc1ccccc1-n1nc2c(c1-c1ccc(Cl)cc1)CNC2. The zero-order valence-electron chi connectivity index (χ0n) is 13.0. The van der Waals surface area contributed by atoms with Crippen molar-refractivity contribution in [1.29, 1.82) is 0 Å². The van der Waals surface area contributed by atoms with E-state index in [1.54, 1.807) is 0 Å². The predicted octanol–water partition coefficient (Wildman–Crippen LogP) is 4.36. The molecule has 3 aromatic rings. The Bertz CT molecular complexity index is 850. The molecule has 0 amide bonds.